The molecule has 0 saturated heterocycles. The van der Waals surface area contributed by atoms with Crippen molar-refractivity contribution in [3.05, 3.63) is 84.1 Å². The van der Waals surface area contributed by atoms with Gasteiger partial charge in [-0.15, -0.1) is 0 Å². The van der Waals surface area contributed by atoms with E-state index in [4.69, 9.17) is 9.47 Å². The molecule has 0 fully saturated rings. The maximum absolute atomic E-state index is 14.4. The molecular weight excluding hydrogens is 494 g/mol. The molecule has 0 aliphatic heterocycles. The van der Waals surface area contributed by atoms with Crippen LogP contribution in [0.1, 0.15) is 32.4 Å². The minimum Gasteiger partial charge on any atom is -0.497 e. The number of methoxy groups -OCH3 is 1. The Kier molecular flexibility index (Phi) is 7.90. The van der Waals surface area contributed by atoms with Crippen LogP contribution in [0.2, 0.25) is 0 Å². The van der Waals surface area contributed by atoms with Gasteiger partial charge in [0.2, 0.25) is 0 Å². The first kappa shape index (κ1) is 26.6. The Balaban J connectivity index is 1.64. The third kappa shape index (κ3) is 5.74. The molecule has 0 bridgehead atoms. The summed E-state index contributed by atoms with van der Waals surface area (Å²) in [5.74, 6) is -2.45. The molecule has 0 radical (unpaired) electrons. The SMILES string of the molecule is COc1cccc([C@@H](Oc2ccc3c(cnn3-c3cccc(F)c3F)c2)[C@H](C)NC(=O)C(=O)NC(C)C)c1. The van der Waals surface area contributed by atoms with Crippen LogP contribution in [0.4, 0.5) is 8.78 Å². The number of hydrogen-bond donors (Lipinski definition) is 2. The van der Waals surface area contributed by atoms with Crippen LogP contribution >= 0.6 is 0 Å². The number of nitrogens with zero attached hydrogens (tertiary/aromatic N) is 2. The van der Waals surface area contributed by atoms with Gasteiger partial charge in [-0.3, -0.25) is 9.59 Å². The molecule has 2 amide bonds. The van der Waals surface area contributed by atoms with Crippen LogP contribution in [0.5, 0.6) is 11.5 Å². The number of hydrogen-bond acceptors (Lipinski definition) is 5. The molecule has 10 heteroatoms. The van der Waals surface area contributed by atoms with E-state index in [2.05, 4.69) is 15.7 Å². The van der Waals surface area contributed by atoms with Crippen molar-refractivity contribution in [2.45, 2.75) is 39.0 Å². The Morgan fingerprint density at radius 2 is 1.66 bits per heavy atom. The van der Waals surface area contributed by atoms with E-state index in [9.17, 15) is 18.4 Å². The zero-order valence-corrected chi connectivity index (χ0v) is 21.4. The Hall–Kier alpha value is -4.47. The van der Waals surface area contributed by atoms with Crippen molar-refractivity contribution in [3.8, 4) is 17.2 Å². The Bertz CT molecular complexity index is 1470. The van der Waals surface area contributed by atoms with Crippen molar-refractivity contribution in [3.63, 3.8) is 0 Å². The second kappa shape index (κ2) is 11.3. The second-order valence-electron chi connectivity index (χ2n) is 9.06. The lowest BCUT2D eigenvalue weighted by molar-refractivity contribution is -0.140. The van der Waals surface area contributed by atoms with E-state index in [-0.39, 0.29) is 11.7 Å². The topological polar surface area (TPSA) is 94.5 Å². The summed E-state index contributed by atoms with van der Waals surface area (Å²) in [6, 6.07) is 15.3. The number of ether oxygens (including phenoxy) is 2. The van der Waals surface area contributed by atoms with Gasteiger partial charge in [0.1, 0.15) is 23.3 Å². The highest BCUT2D eigenvalue weighted by atomic mass is 19.2. The van der Waals surface area contributed by atoms with Gasteiger partial charge < -0.3 is 20.1 Å². The average molecular weight is 523 g/mol. The van der Waals surface area contributed by atoms with E-state index in [0.29, 0.717) is 28.0 Å². The van der Waals surface area contributed by atoms with Gasteiger partial charge in [-0.1, -0.05) is 18.2 Å². The average Bonchev–Trinajstić information content (AvgIpc) is 3.31. The molecule has 1 aromatic heterocycles. The number of rotatable bonds is 8. The van der Waals surface area contributed by atoms with Gasteiger partial charge in [0.05, 0.1) is 24.9 Å². The van der Waals surface area contributed by atoms with Gasteiger partial charge in [0.25, 0.3) is 0 Å². The third-order valence-electron chi connectivity index (χ3n) is 5.82. The largest absolute Gasteiger partial charge is 0.497 e. The highest BCUT2D eigenvalue weighted by molar-refractivity contribution is 6.35. The third-order valence-corrected chi connectivity index (χ3v) is 5.82. The minimum atomic E-state index is -0.998. The van der Waals surface area contributed by atoms with Crippen LogP contribution in [0, 0.1) is 11.6 Å². The normalized spacial score (nSPS) is 12.7. The lowest BCUT2D eigenvalue weighted by atomic mass is 10.0. The van der Waals surface area contributed by atoms with Gasteiger partial charge in [-0.25, -0.2) is 13.5 Å². The van der Waals surface area contributed by atoms with Crippen molar-refractivity contribution in [2.24, 2.45) is 0 Å². The Labute approximate surface area is 218 Å². The van der Waals surface area contributed by atoms with Crippen LogP contribution in [-0.2, 0) is 9.59 Å². The van der Waals surface area contributed by atoms with E-state index >= 15 is 0 Å². The summed E-state index contributed by atoms with van der Waals surface area (Å²) in [7, 11) is 1.55. The molecule has 0 unspecified atom stereocenters. The summed E-state index contributed by atoms with van der Waals surface area (Å²) in [6.45, 7) is 5.25. The van der Waals surface area contributed by atoms with Crippen molar-refractivity contribution >= 4 is 22.7 Å². The molecule has 0 spiro atoms. The molecular formula is C28H28F2N4O4. The fourth-order valence-corrected chi connectivity index (χ4v) is 4.03. The quantitative estimate of drug-likeness (QED) is 0.333. The van der Waals surface area contributed by atoms with Crippen LogP contribution < -0.4 is 20.1 Å². The molecule has 1 heterocycles. The molecule has 4 rings (SSSR count). The lowest BCUT2D eigenvalue weighted by Gasteiger charge is -2.27. The van der Waals surface area contributed by atoms with Crippen molar-refractivity contribution in [1.82, 2.24) is 20.4 Å². The van der Waals surface area contributed by atoms with Gasteiger partial charge in [0.15, 0.2) is 11.6 Å². The molecule has 3 aromatic carbocycles. The molecule has 198 valence electrons. The fraction of sp³-hybridized carbons (Fsp3) is 0.250. The molecule has 8 nitrogen and oxygen atoms in total. The number of carbonyl (C=O) groups is 2. The number of carbonyl (C=O) groups excluding carboxylic acids is 2. The molecule has 0 saturated carbocycles. The molecule has 2 atom stereocenters. The fourth-order valence-electron chi connectivity index (χ4n) is 4.03. The molecule has 0 aliphatic rings. The standard InChI is InChI=1S/C28H28F2N4O4/c1-16(2)32-27(35)28(36)33-17(3)26(18-7-5-8-20(13-18)37-4)38-21-11-12-23-19(14-21)15-31-34(23)24-10-6-9-22(29)25(24)30/h5-17,26H,1-4H3,(H,32,35)(H,33,36)/t17-,26-/m0/s1. The van der Waals surface area contributed by atoms with Gasteiger partial charge in [-0.2, -0.15) is 5.10 Å². The monoisotopic (exact) mass is 522 g/mol. The number of halogens is 2. The van der Waals surface area contributed by atoms with E-state index in [1.165, 1.54) is 23.0 Å². The van der Waals surface area contributed by atoms with Crippen molar-refractivity contribution < 1.29 is 27.8 Å². The van der Waals surface area contributed by atoms with Crippen LogP contribution in [0.3, 0.4) is 0 Å². The molecule has 38 heavy (non-hydrogen) atoms. The van der Waals surface area contributed by atoms with Gasteiger partial charge in [0, 0.05) is 11.4 Å². The highest BCUT2D eigenvalue weighted by Gasteiger charge is 2.26. The van der Waals surface area contributed by atoms with Crippen LogP contribution in [0.15, 0.2) is 66.9 Å². The molecule has 2 N–H and O–H groups in total. The predicted octanol–water partition coefficient (Wildman–Crippen LogP) is 4.46. The number of benzene rings is 3. The second-order valence-corrected chi connectivity index (χ2v) is 9.06. The summed E-state index contributed by atoms with van der Waals surface area (Å²) < 4.78 is 41.1. The van der Waals surface area contributed by atoms with Crippen LogP contribution in [0.25, 0.3) is 16.6 Å². The predicted molar refractivity (Wildman–Crippen MR) is 138 cm³/mol. The summed E-state index contributed by atoms with van der Waals surface area (Å²) in [5.41, 5.74) is 1.24. The van der Waals surface area contributed by atoms with E-state index in [1.54, 1.807) is 64.3 Å². The zero-order valence-electron chi connectivity index (χ0n) is 21.4. The van der Waals surface area contributed by atoms with Crippen molar-refractivity contribution in [1.29, 1.82) is 0 Å². The summed E-state index contributed by atoms with van der Waals surface area (Å²) in [4.78, 5) is 24.7. The number of fused-ring (bicyclic) bond motifs is 1. The first-order valence-electron chi connectivity index (χ1n) is 12.0. The summed E-state index contributed by atoms with van der Waals surface area (Å²) in [6.07, 6.45) is 0.822. The zero-order chi connectivity index (χ0) is 27.4. The number of nitrogens with one attached hydrogen (secondary N) is 2. The maximum Gasteiger partial charge on any atom is 0.309 e. The summed E-state index contributed by atoms with van der Waals surface area (Å²) >= 11 is 0. The first-order valence-corrected chi connectivity index (χ1v) is 12.0. The smallest absolute Gasteiger partial charge is 0.309 e. The van der Waals surface area contributed by atoms with Gasteiger partial charge >= 0.3 is 11.8 Å². The Morgan fingerprint density at radius 1 is 0.921 bits per heavy atom. The maximum atomic E-state index is 14.4. The Morgan fingerprint density at radius 3 is 2.39 bits per heavy atom. The summed E-state index contributed by atoms with van der Waals surface area (Å²) in [5, 5.41) is 10.1. The minimum absolute atomic E-state index is 0.0149. The van der Waals surface area contributed by atoms with E-state index in [1.807, 2.05) is 6.07 Å². The molecule has 0 aliphatic carbocycles. The lowest BCUT2D eigenvalue weighted by Crippen LogP contribution is -2.48. The number of aromatic nitrogens is 2. The highest BCUT2D eigenvalue weighted by Crippen LogP contribution is 2.31. The molecule has 4 aromatic rings. The van der Waals surface area contributed by atoms with E-state index in [0.717, 1.165) is 6.07 Å². The first-order chi connectivity index (χ1) is 18.2. The van der Waals surface area contributed by atoms with Gasteiger partial charge in [-0.05, 0) is 68.8 Å². The number of amides is 2. The van der Waals surface area contributed by atoms with Crippen LogP contribution in [-0.4, -0.2) is 40.8 Å². The van der Waals surface area contributed by atoms with Crippen molar-refractivity contribution in [2.75, 3.05) is 7.11 Å². The van der Waals surface area contributed by atoms with E-state index < -0.39 is 35.6 Å².